The molecule has 1 unspecified atom stereocenters. The Morgan fingerprint density at radius 3 is 2.19 bits per heavy atom. The summed E-state index contributed by atoms with van der Waals surface area (Å²) in [6.07, 6.45) is 1.04. The molecule has 0 fully saturated rings. The molecular weight excluding hydrogens is 278 g/mol. The molecule has 0 bridgehead atoms. The minimum atomic E-state index is 0.177. The number of hydrogen-bond donors (Lipinski definition) is 1. The van der Waals surface area contributed by atoms with Crippen LogP contribution in [0.4, 0.5) is 0 Å². The van der Waals surface area contributed by atoms with E-state index >= 15 is 0 Å². The van der Waals surface area contributed by atoms with E-state index < -0.39 is 0 Å². The summed E-state index contributed by atoms with van der Waals surface area (Å²) in [5, 5.41) is 3.58. The maximum atomic E-state index is 4.68. The van der Waals surface area contributed by atoms with Crippen molar-refractivity contribution in [3.05, 3.63) is 22.8 Å². The van der Waals surface area contributed by atoms with Crippen LogP contribution in [-0.2, 0) is 12.2 Å². The highest BCUT2D eigenvalue weighted by Crippen LogP contribution is 2.18. The van der Waals surface area contributed by atoms with Crippen LogP contribution in [0.2, 0.25) is 0 Å². The third-order valence-electron chi connectivity index (χ3n) is 3.44. The maximum Gasteiger partial charge on any atom is 0.138 e. The monoisotopic (exact) mass is 309 g/mol. The van der Waals surface area contributed by atoms with Crippen molar-refractivity contribution in [3.8, 4) is 0 Å². The molecule has 4 heteroatoms. The van der Waals surface area contributed by atoms with Crippen LogP contribution in [0.15, 0.2) is 0 Å². The summed E-state index contributed by atoms with van der Waals surface area (Å²) >= 11 is 1.87. The fraction of sp³-hybridized carbons (Fsp3) is 0.765. The van der Waals surface area contributed by atoms with E-state index in [0.29, 0.717) is 5.92 Å². The second-order valence-corrected chi connectivity index (χ2v) is 8.14. The number of thioether (sulfide) groups is 1. The van der Waals surface area contributed by atoms with Crippen molar-refractivity contribution in [1.82, 2.24) is 15.3 Å². The Kier molecular flexibility index (Phi) is 7.14. The lowest BCUT2D eigenvalue weighted by atomic mass is 9.97. The minimum Gasteiger partial charge on any atom is -0.312 e. The lowest BCUT2D eigenvalue weighted by Crippen LogP contribution is -2.39. The van der Waals surface area contributed by atoms with Gasteiger partial charge in [0.15, 0.2) is 0 Å². The zero-order valence-electron chi connectivity index (χ0n) is 14.7. The first-order valence-electron chi connectivity index (χ1n) is 7.88. The molecule has 0 radical (unpaired) electrons. The average molecular weight is 310 g/mol. The number of hydrogen-bond acceptors (Lipinski definition) is 4. The van der Waals surface area contributed by atoms with Crippen molar-refractivity contribution < 1.29 is 0 Å². The molecule has 3 nitrogen and oxygen atoms in total. The third-order valence-corrected chi connectivity index (χ3v) is 4.31. The predicted octanol–water partition coefficient (Wildman–Crippen LogP) is 3.91. The molecule has 1 heterocycles. The van der Waals surface area contributed by atoms with Gasteiger partial charge in [0, 0.05) is 16.9 Å². The molecule has 0 aliphatic carbocycles. The SMILES string of the molecule is CCSCc1nc(C)c(CC(C)CNC(C)(C)C)c(C)n1. The number of aryl methyl sites for hydroxylation is 2. The van der Waals surface area contributed by atoms with Gasteiger partial charge in [-0.05, 0) is 64.8 Å². The van der Waals surface area contributed by atoms with Gasteiger partial charge in [-0.25, -0.2) is 9.97 Å². The maximum absolute atomic E-state index is 4.68. The highest BCUT2D eigenvalue weighted by atomic mass is 32.2. The zero-order chi connectivity index (χ0) is 16.0. The van der Waals surface area contributed by atoms with Crippen molar-refractivity contribution in [2.75, 3.05) is 12.3 Å². The molecule has 0 aliphatic heterocycles. The van der Waals surface area contributed by atoms with Gasteiger partial charge in [-0.15, -0.1) is 0 Å². The lowest BCUT2D eigenvalue weighted by Gasteiger charge is -2.24. The molecule has 1 aromatic rings. The Hall–Kier alpha value is -0.610. The highest BCUT2D eigenvalue weighted by Gasteiger charge is 2.15. The second-order valence-electron chi connectivity index (χ2n) is 6.87. The van der Waals surface area contributed by atoms with Gasteiger partial charge in [-0.2, -0.15) is 11.8 Å². The summed E-state index contributed by atoms with van der Waals surface area (Å²) in [6, 6.07) is 0. The largest absolute Gasteiger partial charge is 0.312 e. The van der Waals surface area contributed by atoms with E-state index in [4.69, 9.17) is 0 Å². The molecule has 1 aromatic heterocycles. The molecule has 21 heavy (non-hydrogen) atoms. The first kappa shape index (κ1) is 18.4. The summed E-state index contributed by atoms with van der Waals surface area (Å²) in [5.41, 5.74) is 3.80. The number of nitrogens with zero attached hydrogens (tertiary/aromatic N) is 2. The highest BCUT2D eigenvalue weighted by molar-refractivity contribution is 7.98. The molecule has 0 aromatic carbocycles. The van der Waals surface area contributed by atoms with Gasteiger partial charge in [0.05, 0.1) is 5.75 Å². The van der Waals surface area contributed by atoms with Crippen molar-refractivity contribution in [1.29, 1.82) is 0 Å². The topological polar surface area (TPSA) is 37.8 Å². The zero-order valence-corrected chi connectivity index (χ0v) is 15.5. The van der Waals surface area contributed by atoms with Gasteiger partial charge in [0.25, 0.3) is 0 Å². The molecule has 1 rings (SSSR count). The Balaban J connectivity index is 2.70. The van der Waals surface area contributed by atoms with Crippen LogP contribution >= 0.6 is 11.8 Å². The van der Waals surface area contributed by atoms with Crippen molar-refractivity contribution in [2.24, 2.45) is 5.92 Å². The van der Waals surface area contributed by atoms with Crippen LogP contribution in [0.3, 0.4) is 0 Å². The van der Waals surface area contributed by atoms with Crippen molar-refractivity contribution >= 4 is 11.8 Å². The van der Waals surface area contributed by atoms with Crippen molar-refractivity contribution in [3.63, 3.8) is 0 Å². The minimum absolute atomic E-state index is 0.177. The van der Waals surface area contributed by atoms with Crippen LogP contribution in [-0.4, -0.2) is 27.8 Å². The molecule has 0 saturated heterocycles. The smallest absolute Gasteiger partial charge is 0.138 e. The molecule has 1 atom stereocenters. The third kappa shape index (κ3) is 6.79. The lowest BCUT2D eigenvalue weighted by molar-refractivity contribution is 0.381. The van der Waals surface area contributed by atoms with Crippen LogP contribution in [0.1, 0.15) is 57.4 Å². The van der Waals surface area contributed by atoms with Crippen LogP contribution in [0, 0.1) is 19.8 Å². The van der Waals surface area contributed by atoms with E-state index in [2.05, 4.69) is 63.8 Å². The van der Waals surface area contributed by atoms with E-state index in [9.17, 15) is 0 Å². The number of nitrogens with one attached hydrogen (secondary N) is 1. The summed E-state index contributed by atoms with van der Waals surface area (Å²) in [6.45, 7) is 16.3. The van der Waals surface area contributed by atoms with E-state index in [-0.39, 0.29) is 5.54 Å². The predicted molar refractivity (Wildman–Crippen MR) is 94.0 cm³/mol. The Bertz CT molecular complexity index is 429. The molecule has 0 aliphatic rings. The van der Waals surface area contributed by atoms with E-state index in [1.54, 1.807) is 0 Å². The normalized spacial score (nSPS) is 13.5. The Labute approximate surface area is 134 Å². The quantitative estimate of drug-likeness (QED) is 0.828. The molecule has 1 N–H and O–H groups in total. The molecule has 0 amide bonds. The molecule has 0 spiro atoms. The summed E-state index contributed by atoms with van der Waals surface area (Å²) < 4.78 is 0. The van der Waals surface area contributed by atoms with Gasteiger partial charge in [-0.3, -0.25) is 0 Å². The first-order valence-corrected chi connectivity index (χ1v) is 9.04. The fourth-order valence-electron chi connectivity index (χ4n) is 2.26. The van der Waals surface area contributed by atoms with E-state index in [1.165, 1.54) is 5.56 Å². The fourth-order valence-corrected chi connectivity index (χ4v) is 2.78. The molecular formula is C17H31N3S. The molecule has 0 saturated carbocycles. The molecule has 120 valence electrons. The summed E-state index contributed by atoms with van der Waals surface area (Å²) in [4.78, 5) is 9.36. The van der Waals surface area contributed by atoms with Crippen LogP contribution in [0.5, 0.6) is 0 Å². The Morgan fingerprint density at radius 1 is 1.14 bits per heavy atom. The van der Waals surface area contributed by atoms with Crippen LogP contribution in [0.25, 0.3) is 0 Å². The summed E-state index contributed by atoms with van der Waals surface area (Å²) in [7, 11) is 0. The standard InChI is InChI=1S/C17H31N3S/c1-8-21-11-16-19-13(3)15(14(4)20-16)9-12(2)10-18-17(5,6)7/h12,18H,8-11H2,1-7H3. The van der Waals surface area contributed by atoms with E-state index in [1.807, 2.05) is 11.8 Å². The number of aromatic nitrogens is 2. The van der Waals surface area contributed by atoms with Gasteiger partial charge in [0.1, 0.15) is 5.82 Å². The van der Waals surface area contributed by atoms with Gasteiger partial charge in [-0.1, -0.05) is 13.8 Å². The van der Waals surface area contributed by atoms with Gasteiger partial charge in [0.2, 0.25) is 0 Å². The van der Waals surface area contributed by atoms with Gasteiger partial charge < -0.3 is 5.32 Å². The second kappa shape index (κ2) is 8.14. The summed E-state index contributed by atoms with van der Waals surface area (Å²) in [5.74, 6) is 3.58. The number of rotatable bonds is 7. The first-order chi connectivity index (χ1) is 9.73. The van der Waals surface area contributed by atoms with Crippen LogP contribution < -0.4 is 5.32 Å². The van der Waals surface area contributed by atoms with Gasteiger partial charge >= 0.3 is 0 Å². The average Bonchev–Trinajstić information content (AvgIpc) is 2.37. The Morgan fingerprint density at radius 2 is 1.71 bits per heavy atom. The van der Waals surface area contributed by atoms with Crippen molar-refractivity contribution in [2.45, 2.75) is 66.2 Å². The van der Waals surface area contributed by atoms with E-state index in [0.717, 1.165) is 41.7 Å².